The molecule has 1 aromatic carbocycles. The molecule has 0 saturated heterocycles. The van der Waals surface area contributed by atoms with Crippen molar-refractivity contribution in [3.8, 4) is 11.8 Å². The van der Waals surface area contributed by atoms with Gasteiger partial charge in [0, 0.05) is 8.95 Å². The Morgan fingerprint density at radius 3 is 2.27 bits per heavy atom. The Morgan fingerprint density at radius 1 is 1.33 bits per heavy atom. The maximum atomic E-state index is 11.9. The van der Waals surface area contributed by atoms with Crippen molar-refractivity contribution in [2.45, 2.75) is 13.0 Å². The summed E-state index contributed by atoms with van der Waals surface area (Å²) >= 11 is 6.37. The normalized spacial score (nSPS) is 10.1. The van der Waals surface area contributed by atoms with Crippen molar-refractivity contribution in [2.24, 2.45) is 0 Å². The van der Waals surface area contributed by atoms with Gasteiger partial charge >= 0.3 is 6.61 Å². The minimum atomic E-state index is -2.86. The predicted octanol–water partition coefficient (Wildman–Crippen LogP) is 3.88. The minimum Gasteiger partial charge on any atom is -0.435 e. The number of ether oxygens (including phenoxy) is 1. The fraction of sp³-hybridized carbons (Fsp3) is 0.222. The number of rotatable bonds is 3. The van der Waals surface area contributed by atoms with Gasteiger partial charge in [-0.3, -0.25) is 0 Å². The van der Waals surface area contributed by atoms with Crippen molar-refractivity contribution in [2.75, 3.05) is 0 Å². The van der Waals surface area contributed by atoms with Crippen LogP contribution in [0.2, 0.25) is 0 Å². The van der Waals surface area contributed by atoms with Gasteiger partial charge in [0.25, 0.3) is 0 Å². The van der Waals surface area contributed by atoms with E-state index in [4.69, 9.17) is 5.26 Å². The Morgan fingerprint density at radius 2 is 1.87 bits per heavy atom. The average molecular weight is 341 g/mol. The standard InChI is InChI=1S/C9H5Br2F2NO/c10-7-3-5(15-9(12)13)4-8(11)6(7)1-2-14/h3-4,9H,1H2. The molecule has 0 aromatic heterocycles. The van der Waals surface area contributed by atoms with Crippen molar-refractivity contribution in [3.05, 3.63) is 26.6 Å². The fourth-order valence-electron chi connectivity index (χ4n) is 0.999. The number of halogens is 4. The second kappa shape index (κ2) is 5.42. The quantitative estimate of drug-likeness (QED) is 0.836. The summed E-state index contributed by atoms with van der Waals surface area (Å²) in [7, 11) is 0. The SMILES string of the molecule is N#CCc1c(Br)cc(OC(F)F)cc1Br. The average Bonchev–Trinajstić information content (AvgIpc) is 2.10. The molecule has 0 bridgehead atoms. The highest BCUT2D eigenvalue weighted by molar-refractivity contribution is 9.11. The van der Waals surface area contributed by atoms with Crippen LogP contribution in [-0.2, 0) is 6.42 Å². The highest BCUT2D eigenvalue weighted by Gasteiger charge is 2.10. The Kier molecular flexibility index (Phi) is 4.48. The zero-order chi connectivity index (χ0) is 11.4. The molecule has 1 rings (SSSR count). The molecule has 0 aliphatic heterocycles. The van der Waals surface area contributed by atoms with Gasteiger partial charge in [-0.2, -0.15) is 14.0 Å². The Hall–Kier alpha value is -0.670. The molecular weight excluding hydrogens is 336 g/mol. The summed E-state index contributed by atoms with van der Waals surface area (Å²) in [4.78, 5) is 0. The number of alkyl halides is 2. The second-order valence-corrected chi connectivity index (χ2v) is 4.29. The van der Waals surface area contributed by atoms with E-state index in [9.17, 15) is 8.78 Å². The molecule has 0 atom stereocenters. The van der Waals surface area contributed by atoms with Crippen LogP contribution in [0.5, 0.6) is 5.75 Å². The molecule has 0 unspecified atom stereocenters. The zero-order valence-corrected chi connectivity index (χ0v) is 10.5. The first-order chi connectivity index (χ1) is 7.04. The van der Waals surface area contributed by atoms with Gasteiger partial charge in [0.1, 0.15) is 5.75 Å². The summed E-state index contributed by atoms with van der Waals surface area (Å²) in [5.41, 5.74) is 0.708. The molecule has 0 radical (unpaired) electrons. The van der Waals surface area contributed by atoms with Crippen LogP contribution >= 0.6 is 31.9 Å². The maximum absolute atomic E-state index is 11.9. The third kappa shape index (κ3) is 3.43. The van der Waals surface area contributed by atoms with Crippen LogP contribution in [0.4, 0.5) is 8.78 Å². The van der Waals surface area contributed by atoms with Crippen LogP contribution in [0.15, 0.2) is 21.1 Å². The topological polar surface area (TPSA) is 33.0 Å². The third-order valence-corrected chi connectivity index (χ3v) is 3.01. The maximum Gasteiger partial charge on any atom is 0.387 e. The number of nitriles is 1. The fourth-order valence-corrected chi connectivity index (χ4v) is 2.42. The van der Waals surface area contributed by atoms with Gasteiger partial charge in [0.15, 0.2) is 0 Å². The van der Waals surface area contributed by atoms with Crippen LogP contribution in [0.1, 0.15) is 5.56 Å². The van der Waals surface area contributed by atoms with E-state index in [0.29, 0.717) is 14.5 Å². The molecule has 0 N–H and O–H groups in total. The second-order valence-electron chi connectivity index (χ2n) is 2.58. The van der Waals surface area contributed by atoms with Gasteiger partial charge in [-0.05, 0) is 17.7 Å². The lowest BCUT2D eigenvalue weighted by Crippen LogP contribution is -2.02. The first-order valence-corrected chi connectivity index (χ1v) is 5.43. The van der Waals surface area contributed by atoms with Crippen LogP contribution in [-0.4, -0.2) is 6.61 Å². The minimum absolute atomic E-state index is 0.0467. The summed E-state index contributed by atoms with van der Waals surface area (Å²) in [6.07, 6.45) is 0.191. The molecule has 0 spiro atoms. The van der Waals surface area contributed by atoms with Crippen LogP contribution in [0.3, 0.4) is 0 Å². The van der Waals surface area contributed by atoms with Gasteiger partial charge in [-0.15, -0.1) is 0 Å². The van der Waals surface area contributed by atoms with Crippen LogP contribution < -0.4 is 4.74 Å². The van der Waals surface area contributed by atoms with E-state index >= 15 is 0 Å². The molecule has 2 nitrogen and oxygen atoms in total. The number of hydrogen-bond donors (Lipinski definition) is 0. The first-order valence-electron chi connectivity index (χ1n) is 3.84. The van der Waals surface area contributed by atoms with E-state index in [1.54, 1.807) is 0 Å². The summed E-state index contributed by atoms with van der Waals surface area (Å²) < 4.78 is 29.2. The lowest BCUT2D eigenvalue weighted by atomic mass is 10.2. The van der Waals surface area contributed by atoms with Crippen molar-refractivity contribution >= 4 is 31.9 Å². The lowest BCUT2D eigenvalue weighted by Gasteiger charge is -2.08. The smallest absolute Gasteiger partial charge is 0.387 e. The van der Waals surface area contributed by atoms with E-state index in [2.05, 4.69) is 36.6 Å². The summed E-state index contributed by atoms with van der Waals surface area (Å²) in [5.74, 6) is 0.0467. The predicted molar refractivity (Wildman–Crippen MR) is 57.8 cm³/mol. The highest BCUT2D eigenvalue weighted by Crippen LogP contribution is 2.31. The van der Waals surface area contributed by atoms with Crippen LogP contribution in [0, 0.1) is 11.3 Å². The van der Waals surface area contributed by atoms with E-state index in [-0.39, 0.29) is 12.2 Å². The van der Waals surface area contributed by atoms with Gasteiger partial charge < -0.3 is 4.74 Å². The molecule has 0 amide bonds. The summed E-state index contributed by atoms with van der Waals surface area (Å²) in [6, 6.07) is 4.79. The molecular formula is C9H5Br2F2NO. The Balaban J connectivity index is 3.03. The van der Waals surface area contributed by atoms with Crippen molar-refractivity contribution in [3.63, 3.8) is 0 Å². The Labute approximate surface area is 102 Å². The molecule has 0 aliphatic carbocycles. The molecule has 1 aromatic rings. The first kappa shape index (κ1) is 12.4. The van der Waals surface area contributed by atoms with Crippen molar-refractivity contribution in [1.29, 1.82) is 5.26 Å². The monoisotopic (exact) mass is 339 g/mol. The number of hydrogen-bond acceptors (Lipinski definition) is 2. The lowest BCUT2D eigenvalue weighted by molar-refractivity contribution is -0.0499. The van der Waals surface area contributed by atoms with Gasteiger partial charge in [-0.25, -0.2) is 0 Å². The van der Waals surface area contributed by atoms with Gasteiger partial charge in [-0.1, -0.05) is 31.9 Å². The zero-order valence-electron chi connectivity index (χ0n) is 7.31. The highest BCUT2D eigenvalue weighted by atomic mass is 79.9. The van der Waals surface area contributed by atoms with E-state index in [1.807, 2.05) is 6.07 Å². The molecule has 0 saturated carbocycles. The number of nitrogens with zero attached hydrogens (tertiary/aromatic N) is 1. The molecule has 6 heteroatoms. The molecule has 80 valence electrons. The van der Waals surface area contributed by atoms with Gasteiger partial charge in [0.05, 0.1) is 12.5 Å². The van der Waals surface area contributed by atoms with E-state index in [1.165, 1.54) is 12.1 Å². The number of benzene rings is 1. The summed E-state index contributed by atoms with van der Waals surface area (Å²) in [6.45, 7) is -2.86. The molecule has 0 fully saturated rings. The van der Waals surface area contributed by atoms with Crippen molar-refractivity contribution < 1.29 is 13.5 Å². The van der Waals surface area contributed by atoms with E-state index in [0.717, 1.165) is 0 Å². The Bertz CT molecular complexity index is 381. The van der Waals surface area contributed by atoms with Gasteiger partial charge in [0.2, 0.25) is 0 Å². The van der Waals surface area contributed by atoms with Crippen LogP contribution in [0.25, 0.3) is 0 Å². The third-order valence-electron chi connectivity index (χ3n) is 1.60. The largest absolute Gasteiger partial charge is 0.435 e. The molecule has 15 heavy (non-hydrogen) atoms. The molecule has 0 heterocycles. The molecule has 0 aliphatic rings. The van der Waals surface area contributed by atoms with E-state index < -0.39 is 6.61 Å². The summed E-state index contributed by atoms with van der Waals surface area (Å²) in [5, 5.41) is 8.54. The van der Waals surface area contributed by atoms with Crippen molar-refractivity contribution in [1.82, 2.24) is 0 Å².